The zero-order valence-electron chi connectivity index (χ0n) is 19.1. The summed E-state index contributed by atoms with van der Waals surface area (Å²) in [6.07, 6.45) is -0.342. The Morgan fingerprint density at radius 3 is 1.91 bits per heavy atom. The summed E-state index contributed by atoms with van der Waals surface area (Å²) in [5, 5.41) is 25.3. The van der Waals surface area contributed by atoms with E-state index in [1.165, 1.54) is 0 Å². The van der Waals surface area contributed by atoms with E-state index in [2.05, 4.69) is 28.6 Å². The normalized spacial score (nSPS) is 14.4. The van der Waals surface area contributed by atoms with Crippen molar-refractivity contribution >= 4 is 42.3 Å². The fraction of sp³-hybridized carbons (Fsp3) is 0.500. The van der Waals surface area contributed by atoms with Gasteiger partial charge in [-0.25, -0.2) is 4.79 Å². The number of hydrogen-bond donors (Lipinski definition) is 7. The highest BCUT2D eigenvalue weighted by Gasteiger charge is 2.31. The van der Waals surface area contributed by atoms with Crippen molar-refractivity contribution in [3.05, 3.63) is 35.9 Å². The molecule has 0 aromatic heterocycles. The Labute approximate surface area is 203 Å². The summed E-state index contributed by atoms with van der Waals surface area (Å²) < 4.78 is 0. The van der Waals surface area contributed by atoms with Gasteiger partial charge >= 0.3 is 11.9 Å². The van der Waals surface area contributed by atoms with Gasteiger partial charge in [0.15, 0.2) is 0 Å². The molecule has 11 nitrogen and oxygen atoms in total. The third-order valence-corrected chi connectivity index (χ3v) is 5.15. The van der Waals surface area contributed by atoms with Gasteiger partial charge in [0.05, 0.1) is 12.5 Å². The third kappa shape index (κ3) is 10.2. The number of nitrogens with two attached hydrogens (primary N) is 1. The standard InChI is InChI=1S/C22H32N4O7S/c1-12(2)8-15(24-19(29)14(23)9-13-6-4-3-5-7-13)20(30)25-16(10-18(27)28)21(31)26-17(11-34)22(32)33/h3-7,12,14-17,34H,8-11,23H2,1-2H3,(H,24,29)(H,25,30)(H,26,31)(H,27,28)(H,32,33). The van der Waals surface area contributed by atoms with Crippen molar-refractivity contribution in [3.63, 3.8) is 0 Å². The number of carboxylic acid groups (broad SMARTS) is 2. The Hall–Kier alpha value is -3.12. The van der Waals surface area contributed by atoms with Crippen LogP contribution in [0.3, 0.4) is 0 Å². The molecule has 4 unspecified atom stereocenters. The predicted molar refractivity (Wildman–Crippen MR) is 127 cm³/mol. The van der Waals surface area contributed by atoms with Gasteiger partial charge in [0.1, 0.15) is 18.1 Å². The van der Waals surface area contributed by atoms with Crippen LogP contribution in [0.2, 0.25) is 0 Å². The summed E-state index contributed by atoms with van der Waals surface area (Å²) in [7, 11) is 0. The van der Waals surface area contributed by atoms with E-state index in [4.69, 9.17) is 15.9 Å². The number of benzene rings is 1. The molecule has 4 atom stereocenters. The van der Waals surface area contributed by atoms with Gasteiger partial charge in [0.2, 0.25) is 17.7 Å². The first kappa shape index (κ1) is 28.9. The number of nitrogens with one attached hydrogen (secondary N) is 3. The van der Waals surface area contributed by atoms with E-state index in [1.807, 2.05) is 44.2 Å². The number of carbonyl (C=O) groups is 5. The molecule has 34 heavy (non-hydrogen) atoms. The fourth-order valence-corrected chi connectivity index (χ4v) is 3.30. The van der Waals surface area contributed by atoms with Crippen molar-refractivity contribution in [2.75, 3.05) is 5.75 Å². The Balaban J connectivity index is 2.93. The molecule has 3 amide bonds. The molecule has 0 spiro atoms. The van der Waals surface area contributed by atoms with Crippen LogP contribution in [0.25, 0.3) is 0 Å². The van der Waals surface area contributed by atoms with Crippen molar-refractivity contribution in [2.45, 2.75) is 57.3 Å². The molecule has 1 aromatic carbocycles. The number of carboxylic acids is 2. The number of aliphatic carboxylic acids is 2. The second kappa shape index (κ2) is 14.2. The summed E-state index contributed by atoms with van der Waals surface area (Å²) in [5.41, 5.74) is 6.83. The Morgan fingerprint density at radius 1 is 0.882 bits per heavy atom. The first-order valence-electron chi connectivity index (χ1n) is 10.7. The van der Waals surface area contributed by atoms with E-state index >= 15 is 0 Å². The van der Waals surface area contributed by atoms with Crippen LogP contribution in [0.4, 0.5) is 0 Å². The SMILES string of the molecule is CC(C)CC(NC(=O)C(N)Cc1ccccc1)C(=O)NC(CC(=O)O)C(=O)NC(CS)C(=O)O. The van der Waals surface area contributed by atoms with E-state index in [0.29, 0.717) is 0 Å². The molecule has 0 heterocycles. The monoisotopic (exact) mass is 496 g/mol. The highest BCUT2D eigenvalue weighted by Crippen LogP contribution is 2.08. The molecule has 188 valence electrons. The molecule has 0 radical (unpaired) electrons. The van der Waals surface area contributed by atoms with E-state index in [0.717, 1.165) is 5.56 Å². The molecule has 0 aliphatic carbocycles. The van der Waals surface area contributed by atoms with Crippen molar-refractivity contribution in [3.8, 4) is 0 Å². The average molecular weight is 497 g/mol. The first-order chi connectivity index (χ1) is 15.9. The second-order valence-electron chi connectivity index (χ2n) is 8.23. The zero-order chi connectivity index (χ0) is 25.8. The van der Waals surface area contributed by atoms with Gasteiger partial charge < -0.3 is 31.9 Å². The zero-order valence-corrected chi connectivity index (χ0v) is 20.0. The smallest absolute Gasteiger partial charge is 0.327 e. The molecule has 1 aromatic rings. The molecular weight excluding hydrogens is 464 g/mol. The fourth-order valence-electron chi connectivity index (χ4n) is 3.06. The minimum atomic E-state index is -1.56. The minimum absolute atomic E-state index is 0.0336. The molecule has 12 heteroatoms. The average Bonchev–Trinajstić information content (AvgIpc) is 2.75. The highest BCUT2D eigenvalue weighted by molar-refractivity contribution is 7.80. The Kier molecular flexibility index (Phi) is 12.1. The molecule has 1 rings (SSSR count). The van der Waals surface area contributed by atoms with Gasteiger partial charge in [0, 0.05) is 5.75 Å². The highest BCUT2D eigenvalue weighted by atomic mass is 32.1. The lowest BCUT2D eigenvalue weighted by atomic mass is 10.0. The quantitative estimate of drug-likeness (QED) is 0.169. The van der Waals surface area contributed by atoms with E-state index < -0.39 is 60.2 Å². The van der Waals surface area contributed by atoms with Crippen LogP contribution in [0.1, 0.15) is 32.3 Å². The lowest BCUT2D eigenvalue weighted by Crippen LogP contribution is -2.58. The predicted octanol–water partition coefficient (Wildman–Crippen LogP) is -0.454. The van der Waals surface area contributed by atoms with Gasteiger partial charge in [-0.1, -0.05) is 44.2 Å². The minimum Gasteiger partial charge on any atom is -0.481 e. The van der Waals surface area contributed by atoms with Crippen molar-refractivity contribution in [1.29, 1.82) is 0 Å². The largest absolute Gasteiger partial charge is 0.481 e. The molecule has 0 aliphatic rings. The van der Waals surface area contributed by atoms with Crippen LogP contribution in [0.5, 0.6) is 0 Å². The topological polar surface area (TPSA) is 188 Å². The molecule has 0 bridgehead atoms. The van der Waals surface area contributed by atoms with Crippen LogP contribution in [-0.4, -0.2) is 69.8 Å². The van der Waals surface area contributed by atoms with Crippen LogP contribution < -0.4 is 21.7 Å². The summed E-state index contributed by atoms with van der Waals surface area (Å²) in [5.74, 6) is -5.37. The van der Waals surface area contributed by atoms with Crippen LogP contribution in [0.15, 0.2) is 30.3 Å². The molecule has 0 aliphatic heterocycles. The molecule has 0 fully saturated rings. The first-order valence-corrected chi connectivity index (χ1v) is 11.3. The van der Waals surface area contributed by atoms with Crippen molar-refractivity contribution in [2.24, 2.45) is 11.7 Å². The maximum absolute atomic E-state index is 12.9. The number of thiol groups is 1. The Morgan fingerprint density at radius 2 is 1.41 bits per heavy atom. The second-order valence-corrected chi connectivity index (χ2v) is 8.59. The number of hydrogen-bond acceptors (Lipinski definition) is 7. The maximum atomic E-state index is 12.9. The van der Waals surface area contributed by atoms with Gasteiger partial charge in [-0.2, -0.15) is 12.6 Å². The van der Waals surface area contributed by atoms with Gasteiger partial charge in [-0.05, 0) is 24.3 Å². The lowest BCUT2D eigenvalue weighted by Gasteiger charge is -2.25. The van der Waals surface area contributed by atoms with E-state index in [-0.39, 0.29) is 24.5 Å². The van der Waals surface area contributed by atoms with Crippen LogP contribution in [0, 0.1) is 5.92 Å². The summed E-state index contributed by atoms with van der Waals surface area (Å²) in [4.78, 5) is 60.4. The van der Waals surface area contributed by atoms with E-state index in [9.17, 15) is 24.0 Å². The summed E-state index contributed by atoms with van der Waals surface area (Å²) in [6.45, 7) is 3.64. The molecule has 0 saturated carbocycles. The molecule has 7 N–H and O–H groups in total. The van der Waals surface area contributed by atoms with Gasteiger partial charge in [-0.15, -0.1) is 0 Å². The number of carbonyl (C=O) groups excluding carboxylic acids is 3. The number of rotatable bonds is 14. The molecule has 0 saturated heterocycles. The maximum Gasteiger partial charge on any atom is 0.327 e. The Bertz CT molecular complexity index is 866. The van der Waals surface area contributed by atoms with Gasteiger partial charge in [-0.3, -0.25) is 19.2 Å². The third-order valence-electron chi connectivity index (χ3n) is 4.78. The van der Waals surface area contributed by atoms with E-state index in [1.54, 1.807) is 0 Å². The lowest BCUT2D eigenvalue weighted by molar-refractivity contribution is -0.143. The van der Waals surface area contributed by atoms with Crippen LogP contribution >= 0.6 is 12.6 Å². The van der Waals surface area contributed by atoms with Crippen molar-refractivity contribution in [1.82, 2.24) is 16.0 Å². The molecular formula is C22H32N4O7S. The summed E-state index contributed by atoms with van der Waals surface area (Å²) >= 11 is 3.84. The summed E-state index contributed by atoms with van der Waals surface area (Å²) in [6, 6.07) is 4.13. The van der Waals surface area contributed by atoms with Crippen LogP contribution in [-0.2, 0) is 30.4 Å². The van der Waals surface area contributed by atoms with Crippen molar-refractivity contribution < 1.29 is 34.2 Å². The number of amides is 3. The van der Waals surface area contributed by atoms with Gasteiger partial charge in [0.25, 0.3) is 0 Å².